The number of alkyl halides is 14. The van der Waals surface area contributed by atoms with Crippen molar-refractivity contribution in [1.82, 2.24) is 0 Å². The second-order valence-corrected chi connectivity index (χ2v) is 11.5. The van der Waals surface area contributed by atoms with Gasteiger partial charge in [0.05, 0.1) is 0 Å². The molecule has 0 aromatic heterocycles. The van der Waals surface area contributed by atoms with Gasteiger partial charge in [-0.3, -0.25) is 0 Å². The van der Waals surface area contributed by atoms with E-state index in [1.165, 1.54) is 13.0 Å². The number of hydrogen-bond acceptors (Lipinski definition) is 4. The summed E-state index contributed by atoms with van der Waals surface area (Å²) in [5.74, 6) is -33.6. The topological polar surface area (TPSA) is 52.6 Å². The van der Waals surface area contributed by atoms with E-state index >= 15 is 0 Å². The molecule has 0 radical (unpaired) electrons. The highest BCUT2D eigenvalue weighted by Crippen LogP contribution is 2.62. The van der Waals surface area contributed by atoms with E-state index in [9.17, 15) is 71.1 Å². The molecule has 0 aliphatic heterocycles. The maximum absolute atomic E-state index is 13.9. The molecule has 3 aliphatic carbocycles. The highest BCUT2D eigenvalue weighted by molar-refractivity contribution is 5.81. The molecule has 0 saturated heterocycles. The van der Waals surface area contributed by atoms with Gasteiger partial charge in [-0.25, -0.2) is 9.59 Å². The van der Waals surface area contributed by atoms with Gasteiger partial charge in [0.15, 0.2) is 0 Å². The number of carbonyl (C=O) groups is 2. The van der Waals surface area contributed by atoms with Crippen molar-refractivity contribution >= 4 is 11.9 Å². The van der Waals surface area contributed by atoms with E-state index in [0.717, 1.165) is 12.1 Å². The summed E-state index contributed by atoms with van der Waals surface area (Å²) < 4.78 is 192. The highest BCUT2D eigenvalue weighted by Gasteiger charge is 2.78. The largest absolute Gasteiger partial charge is 0.460 e. The minimum atomic E-state index is -6.75. The van der Waals surface area contributed by atoms with Gasteiger partial charge < -0.3 is 9.47 Å². The van der Waals surface area contributed by atoms with E-state index < -0.39 is 65.2 Å². The number of fused-ring (bicyclic) bond motifs is 5. The molecule has 3 unspecified atom stereocenters. The van der Waals surface area contributed by atoms with E-state index in [0.29, 0.717) is 17.5 Å². The van der Waals surface area contributed by atoms with Crippen molar-refractivity contribution in [2.45, 2.75) is 93.5 Å². The van der Waals surface area contributed by atoms with Crippen molar-refractivity contribution in [3.63, 3.8) is 0 Å². The first-order valence-corrected chi connectivity index (χ1v) is 13.0. The Balaban J connectivity index is 1.49. The van der Waals surface area contributed by atoms with Crippen molar-refractivity contribution in [1.29, 1.82) is 0 Å². The van der Waals surface area contributed by atoms with E-state index in [4.69, 9.17) is 0 Å². The van der Waals surface area contributed by atoms with Gasteiger partial charge in [0, 0.05) is 5.41 Å². The zero-order chi connectivity index (χ0) is 33.5. The molecule has 0 amide bonds. The maximum Gasteiger partial charge on any atom is 0.460 e. The van der Waals surface area contributed by atoms with Crippen molar-refractivity contribution < 1.29 is 80.5 Å². The molecule has 2 fully saturated rings. The SMILES string of the molecule is C[C@]12CCC3c4ccc(OC(=O)C(F)(F)C(F)(F)C(F)(F)F)cc4CCC3C1CC[C@H]2OC(=O)C(F)(F)C(F)(F)C(F)(F)F. The molecule has 1 aromatic carbocycles. The van der Waals surface area contributed by atoms with Gasteiger partial charge in [-0.2, -0.15) is 61.5 Å². The molecular formula is C26H22F14O4. The van der Waals surface area contributed by atoms with Crippen molar-refractivity contribution in [2.24, 2.45) is 17.3 Å². The van der Waals surface area contributed by atoms with Crippen LogP contribution in [0.5, 0.6) is 5.75 Å². The molecule has 44 heavy (non-hydrogen) atoms. The number of esters is 2. The van der Waals surface area contributed by atoms with Crippen LogP contribution in [0.3, 0.4) is 0 Å². The number of ether oxygens (including phenoxy) is 2. The molecule has 2 saturated carbocycles. The summed E-state index contributed by atoms with van der Waals surface area (Å²) in [6.07, 6.45) is -13.9. The van der Waals surface area contributed by atoms with E-state index in [-0.39, 0.29) is 49.9 Å². The fourth-order valence-corrected chi connectivity index (χ4v) is 6.75. The second kappa shape index (κ2) is 10.4. The highest BCUT2D eigenvalue weighted by atomic mass is 19.4. The minimum absolute atomic E-state index is 0.109. The van der Waals surface area contributed by atoms with Gasteiger partial charge in [0.25, 0.3) is 0 Å². The van der Waals surface area contributed by atoms with Crippen molar-refractivity contribution in [3.05, 3.63) is 29.3 Å². The number of rotatable bonds is 6. The Morgan fingerprint density at radius 3 is 1.84 bits per heavy atom. The standard InChI is InChI=1S/C26H22F14O4/c1-20-9-8-14-13-5-3-12(43-18(41)21(27,28)23(31,32)25(35,36)37)10-11(13)2-4-15(14)16(20)6-7-17(20)44-19(42)22(29,30)24(33,34)26(38,39)40/h3,5,10,14-17H,2,4,6-9H2,1H3/t14?,15?,16?,17-,20+/m1/s1. The van der Waals surface area contributed by atoms with Crippen LogP contribution in [0.1, 0.15) is 56.1 Å². The minimum Gasteiger partial charge on any atom is -0.457 e. The summed E-state index contributed by atoms with van der Waals surface area (Å²) in [5, 5.41) is 0. The zero-order valence-electron chi connectivity index (χ0n) is 22.2. The predicted octanol–water partition coefficient (Wildman–Crippen LogP) is 8.03. The molecule has 3 aliphatic rings. The first kappa shape index (κ1) is 34.1. The smallest absolute Gasteiger partial charge is 0.457 e. The number of aryl methyl sites for hydroxylation is 1. The van der Waals surface area contributed by atoms with Crippen LogP contribution in [0.2, 0.25) is 0 Å². The van der Waals surface area contributed by atoms with Gasteiger partial charge in [-0.1, -0.05) is 13.0 Å². The first-order chi connectivity index (χ1) is 19.8. The van der Waals surface area contributed by atoms with Crippen LogP contribution >= 0.6 is 0 Å². The molecular weight excluding hydrogens is 642 g/mol. The van der Waals surface area contributed by atoms with Gasteiger partial charge in [-0.05, 0) is 79.5 Å². The van der Waals surface area contributed by atoms with Crippen LogP contribution in [-0.4, -0.2) is 54.1 Å². The monoisotopic (exact) mass is 664 g/mol. The summed E-state index contributed by atoms with van der Waals surface area (Å²) in [4.78, 5) is 23.5. The molecule has 4 nitrogen and oxygen atoms in total. The third-order valence-electron chi connectivity index (χ3n) is 9.08. The van der Waals surface area contributed by atoms with Crippen LogP contribution in [0.4, 0.5) is 61.5 Å². The lowest BCUT2D eigenvalue weighted by atomic mass is 9.55. The Bertz CT molecular complexity index is 1300. The Kier molecular flexibility index (Phi) is 8.02. The van der Waals surface area contributed by atoms with E-state index in [2.05, 4.69) is 9.47 Å². The quantitative estimate of drug-likeness (QED) is 0.176. The predicted molar refractivity (Wildman–Crippen MR) is 118 cm³/mol. The van der Waals surface area contributed by atoms with E-state index in [1.807, 2.05) is 0 Å². The van der Waals surface area contributed by atoms with Crippen LogP contribution in [0, 0.1) is 17.3 Å². The third kappa shape index (κ3) is 5.07. The molecule has 0 heterocycles. The van der Waals surface area contributed by atoms with E-state index in [1.54, 1.807) is 0 Å². The maximum atomic E-state index is 13.9. The van der Waals surface area contributed by atoms with Gasteiger partial charge in [0.2, 0.25) is 0 Å². The summed E-state index contributed by atoms with van der Waals surface area (Å²) in [6, 6.07) is 3.24. The Labute approximate surface area is 239 Å². The summed E-state index contributed by atoms with van der Waals surface area (Å²) in [6.45, 7) is 1.54. The molecule has 4 rings (SSSR count). The second-order valence-electron chi connectivity index (χ2n) is 11.5. The van der Waals surface area contributed by atoms with Crippen LogP contribution < -0.4 is 4.74 Å². The fourth-order valence-electron chi connectivity index (χ4n) is 6.75. The van der Waals surface area contributed by atoms with Crippen LogP contribution in [0.25, 0.3) is 0 Å². The molecule has 0 N–H and O–H groups in total. The molecule has 1 aromatic rings. The first-order valence-electron chi connectivity index (χ1n) is 13.0. The van der Waals surface area contributed by atoms with Gasteiger partial charge >= 0.3 is 48.0 Å². The zero-order valence-corrected chi connectivity index (χ0v) is 22.2. The number of hydrogen-bond donors (Lipinski definition) is 0. The normalized spacial score (nSPS) is 28.1. The average molecular weight is 664 g/mol. The third-order valence-corrected chi connectivity index (χ3v) is 9.08. The Morgan fingerprint density at radius 1 is 0.750 bits per heavy atom. The van der Waals surface area contributed by atoms with Gasteiger partial charge in [0.1, 0.15) is 11.9 Å². The van der Waals surface area contributed by atoms with Crippen LogP contribution in [-0.2, 0) is 20.7 Å². The molecule has 18 heteroatoms. The molecule has 0 bridgehead atoms. The number of carbonyl (C=O) groups excluding carboxylic acids is 2. The van der Waals surface area contributed by atoms with Crippen molar-refractivity contribution in [3.8, 4) is 5.75 Å². The van der Waals surface area contributed by atoms with Crippen LogP contribution in [0.15, 0.2) is 18.2 Å². The van der Waals surface area contributed by atoms with Gasteiger partial charge in [-0.15, -0.1) is 0 Å². The Hall–Kier alpha value is -2.82. The lowest BCUT2D eigenvalue weighted by Gasteiger charge is -2.50. The summed E-state index contributed by atoms with van der Waals surface area (Å²) in [7, 11) is 0. The Morgan fingerprint density at radius 2 is 1.30 bits per heavy atom. The lowest BCUT2D eigenvalue weighted by Crippen LogP contribution is -2.57. The number of benzene rings is 1. The number of halogens is 14. The van der Waals surface area contributed by atoms with Crippen molar-refractivity contribution in [2.75, 3.05) is 0 Å². The molecule has 248 valence electrons. The summed E-state index contributed by atoms with van der Waals surface area (Å²) >= 11 is 0. The lowest BCUT2D eigenvalue weighted by molar-refractivity contribution is -0.349. The average Bonchev–Trinajstić information content (AvgIpc) is 3.22. The summed E-state index contributed by atoms with van der Waals surface area (Å²) in [5.41, 5.74) is -0.115. The molecule has 0 spiro atoms. The molecule has 5 atom stereocenters. The fraction of sp³-hybridized carbons (Fsp3) is 0.692.